The summed E-state index contributed by atoms with van der Waals surface area (Å²) in [6.45, 7) is 27.8. The molecule has 12 nitrogen and oxygen atoms in total. The maximum atomic E-state index is 12.8. The van der Waals surface area contributed by atoms with E-state index in [2.05, 4.69) is 0 Å². The number of hydrogen-bond acceptors (Lipinski definition) is 12. The molecule has 0 aliphatic carbocycles. The molecule has 6 rings (SSSR count). The topological polar surface area (TPSA) is 169 Å². The molecule has 3 aliphatic heterocycles. The summed E-state index contributed by atoms with van der Waals surface area (Å²) >= 11 is 1.98. The first-order valence-corrected chi connectivity index (χ1v) is 23.0. The zero-order chi connectivity index (χ0) is 55.6. The zero-order valence-electron chi connectivity index (χ0n) is 44.9. The van der Waals surface area contributed by atoms with Crippen LogP contribution in [0.1, 0.15) is 126 Å². The van der Waals surface area contributed by atoms with Crippen LogP contribution in [0.2, 0.25) is 0 Å². The van der Waals surface area contributed by atoms with Crippen LogP contribution in [0.3, 0.4) is 0 Å². The van der Waals surface area contributed by atoms with Crippen molar-refractivity contribution in [3.8, 4) is 0 Å². The number of alkyl halides is 9. The van der Waals surface area contributed by atoms with E-state index in [0.29, 0.717) is 5.46 Å². The van der Waals surface area contributed by atoms with E-state index in [1.165, 1.54) is 72.8 Å². The molecule has 3 saturated heterocycles. The van der Waals surface area contributed by atoms with Crippen LogP contribution < -0.4 is 110 Å². The van der Waals surface area contributed by atoms with Crippen LogP contribution in [0.25, 0.3) is 0 Å². The van der Waals surface area contributed by atoms with Gasteiger partial charge in [-0.2, -0.15) is 39.5 Å². The van der Waals surface area contributed by atoms with Crippen LogP contribution in [-0.2, 0) is 44.7 Å². The van der Waals surface area contributed by atoms with Crippen molar-refractivity contribution in [2.45, 2.75) is 180 Å². The van der Waals surface area contributed by atoms with E-state index in [9.17, 15) is 54.8 Å². The molecule has 0 spiro atoms. The summed E-state index contributed by atoms with van der Waals surface area (Å²) < 4.78 is 149. The summed E-state index contributed by atoms with van der Waals surface area (Å²) in [4.78, 5) is 8.00. The largest absolute Gasteiger partial charge is 1.00 e. The summed E-state index contributed by atoms with van der Waals surface area (Å²) in [5.41, 5.74) is -9.97. The molecule has 0 amide bonds. The molecule has 3 unspecified atom stereocenters. The summed E-state index contributed by atoms with van der Waals surface area (Å²) in [5, 5.41) is 37.2. The van der Waals surface area contributed by atoms with Gasteiger partial charge < -0.3 is 77.3 Å². The molecule has 0 aromatic heterocycles. The second-order valence-electron chi connectivity index (χ2n) is 20.6. The number of aryl methyl sites for hydroxylation is 1. The van der Waals surface area contributed by atoms with E-state index in [0.717, 1.165) is 35.2 Å². The molecule has 28 heteroatoms. The van der Waals surface area contributed by atoms with Gasteiger partial charge in [0, 0.05) is 3.57 Å². The van der Waals surface area contributed by atoms with Gasteiger partial charge in [0.1, 0.15) is 0 Å². The number of rotatable bonds is 5. The van der Waals surface area contributed by atoms with Crippen LogP contribution in [0.5, 0.6) is 0 Å². The Labute approximate surface area is 524 Å². The molecule has 3 fully saturated rings. The molecule has 0 radical (unpaired) electrons. The number of halogens is 11. The Balaban J connectivity index is 0. The first-order chi connectivity index (χ1) is 31.6. The summed E-state index contributed by atoms with van der Waals surface area (Å²) in [7, 11) is -1.60. The Morgan fingerprint density at radius 2 is 0.689 bits per heavy atom. The predicted octanol–water partition coefficient (Wildman–Crippen LogP) is 2.09. The van der Waals surface area contributed by atoms with Crippen molar-refractivity contribution in [2.75, 3.05) is 0 Å². The van der Waals surface area contributed by atoms with Gasteiger partial charge in [-0.05, 0) is 168 Å². The Hall–Kier alpha value is 0.361. The minimum Gasteiger partial charge on any atom is -1.00 e. The van der Waals surface area contributed by atoms with Gasteiger partial charge in [-0.25, -0.2) is 0 Å². The average Bonchev–Trinajstić information content (AvgIpc) is 3.67. The van der Waals surface area contributed by atoms with Gasteiger partial charge in [0.15, 0.2) is 16.8 Å². The fourth-order valence-electron chi connectivity index (χ4n) is 6.09. The molecular formula is C46H63B3F9I2KNNaO11. The minimum absolute atomic E-state index is 0. The molecule has 74 heavy (non-hydrogen) atoms. The summed E-state index contributed by atoms with van der Waals surface area (Å²) in [5.74, 6) is 0. The Morgan fingerprint density at radius 3 is 0.919 bits per heavy atom. The van der Waals surface area contributed by atoms with E-state index >= 15 is 0 Å². The van der Waals surface area contributed by atoms with E-state index in [4.69, 9.17) is 38.0 Å². The van der Waals surface area contributed by atoms with Gasteiger partial charge in [-0.15, -0.1) is 5.34 Å². The molecule has 3 atom stereocenters. The van der Waals surface area contributed by atoms with Gasteiger partial charge in [0.25, 0.3) is 0 Å². The maximum Gasteiger partial charge on any atom is 1.00 e. The van der Waals surface area contributed by atoms with Crippen molar-refractivity contribution in [1.29, 1.82) is 0 Å². The third-order valence-corrected chi connectivity index (χ3v) is 14.2. The molecule has 3 N–H and O–H groups in total. The van der Waals surface area contributed by atoms with Crippen molar-refractivity contribution >= 4 is 49.2 Å². The first-order valence-electron chi connectivity index (χ1n) is 21.9. The van der Waals surface area contributed by atoms with Crippen molar-refractivity contribution in [3.63, 3.8) is 0 Å². The summed E-state index contributed by atoms with van der Waals surface area (Å²) in [6, 6.07) is 16.7. The van der Waals surface area contributed by atoms with Gasteiger partial charge in [0.05, 0.1) is 33.6 Å². The normalized spacial score (nSPS) is 21.1. The fourth-order valence-corrected chi connectivity index (χ4v) is 6.45. The fraction of sp³-hybridized carbons (Fsp3) is 0.609. The van der Waals surface area contributed by atoms with Crippen molar-refractivity contribution in [1.82, 2.24) is 0 Å². The van der Waals surface area contributed by atoms with Crippen LogP contribution in [-0.4, -0.2) is 88.6 Å². The Kier molecular flexibility index (Phi) is 28.3. The molecule has 406 valence electrons. The van der Waals surface area contributed by atoms with E-state index < -0.39 is 67.7 Å². The molecule has 3 aromatic rings. The van der Waals surface area contributed by atoms with E-state index in [1.807, 2.05) is 106 Å². The average molecular weight is 1330 g/mol. The van der Waals surface area contributed by atoms with Gasteiger partial charge in [0.2, 0.25) is 0 Å². The molecule has 3 aliphatic rings. The maximum absolute atomic E-state index is 12.8. The number of aliphatic hydroxyl groups is 3. The quantitative estimate of drug-likeness (QED) is 0.113. The predicted molar refractivity (Wildman–Crippen MR) is 261 cm³/mol. The SMILES string of the molecule is CC(O)(c1ccc(I)cc1)C(F)(F)F.CC1(C)OB(B2OC(C)(C)C(C)(C)O2)OC1(C)C.CC1(C)OB(c2ccc(C(C)(O)C(F)(F)F)cc2)OC1(C)C.Cc1ccc(C(C)(O)C(F)(F)F)cc1.O=N[O-].[I-].[K+].[Na+]. The second-order valence-corrected chi connectivity index (χ2v) is 21.9. The Morgan fingerprint density at radius 1 is 0.486 bits per heavy atom. The molecule has 3 aromatic carbocycles. The van der Waals surface area contributed by atoms with Crippen LogP contribution in [0.4, 0.5) is 39.5 Å². The smallest absolute Gasteiger partial charge is 1.00 e. The first kappa shape index (κ1) is 76.4. The molecular weight excluding hydrogens is 1260 g/mol. The second kappa shape index (κ2) is 27.4. The summed E-state index contributed by atoms with van der Waals surface area (Å²) in [6.07, 6.45) is -14.0. The van der Waals surface area contributed by atoms with Gasteiger partial charge in [-0.1, -0.05) is 66.2 Å². The van der Waals surface area contributed by atoms with Crippen LogP contribution in [0.15, 0.2) is 78.1 Å². The van der Waals surface area contributed by atoms with Crippen molar-refractivity contribution < 1.29 is 188 Å². The third-order valence-electron chi connectivity index (χ3n) is 13.4. The zero-order valence-corrected chi connectivity index (χ0v) is 54.3. The monoisotopic (exact) mass is 1330 g/mol. The number of nitrogens with zero attached hydrogens (tertiary/aromatic N) is 1. The van der Waals surface area contributed by atoms with Crippen molar-refractivity contribution in [3.05, 3.63) is 109 Å². The van der Waals surface area contributed by atoms with Gasteiger partial charge in [-0.3, -0.25) is 0 Å². The van der Waals surface area contributed by atoms with Crippen LogP contribution in [0, 0.1) is 20.6 Å². The standard InChI is InChI=1S/C15H20BF3O3.C12H24B2O4.C10H11F3O.C9H8F3IO.HI.K.HNO2.Na/c1-12(2)13(3,4)22-16(21-12)11-8-6-10(7-9-11)14(5,20)15(17,18)19;1-9(2)10(3,4)16-13(15-9)14-17-11(5,6)12(7,8)18-14;1-7-3-5-8(6-4-7)9(2,14)10(11,12)13;1-8(14,9(10,11)12)6-2-4-7(13)5-3-6;;;2-1-3;/h6-9,20H,1-5H3;1-8H3;3-6,14H,1-2H3;2-5,14H,1H3;1H;;(H,2,3);/q;;;;;+1;;+1/p-2. The Bertz CT molecular complexity index is 2080. The van der Waals surface area contributed by atoms with E-state index in [1.54, 1.807) is 6.92 Å². The van der Waals surface area contributed by atoms with Gasteiger partial charge >= 0.3 is 121 Å². The number of hydrogen-bond donors (Lipinski definition) is 3. The minimum atomic E-state index is -4.74. The third kappa shape index (κ3) is 18.7. The molecule has 0 bridgehead atoms. The van der Waals surface area contributed by atoms with E-state index in [-0.39, 0.29) is 144 Å². The molecule has 3 heterocycles. The van der Waals surface area contributed by atoms with Crippen LogP contribution >= 0.6 is 22.6 Å². The number of benzene rings is 3. The molecule has 0 saturated carbocycles. The van der Waals surface area contributed by atoms with Crippen molar-refractivity contribution in [2.24, 2.45) is 5.34 Å².